The van der Waals surface area contributed by atoms with Gasteiger partial charge in [-0.25, -0.2) is 19.4 Å². The van der Waals surface area contributed by atoms with Crippen LogP contribution in [0.4, 0.5) is 33.6 Å². The van der Waals surface area contributed by atoms with Gasteiger partial charge in [-0.3, -0.25) is 15.0 Å². The first-order valence-corrected chi connectivity index (χ1v) is 19.3. The summed E-state index contributed by atoms with van der Waals surface area (Å²) in [5, 5.41) is 14.3. The zero-order valence-electron chi connectivity index (χ0n) is 33.0. The fourth-order valence-corrected chi connectivity index (χ4v) is 7.39. The highest BCUT2D eigenvalue weighted by Crippen LogP contribution is 2.38. The van der Waals surface area contributed by atoms with Crippen molar-refractivity contribution in [3.05, 3.63) is 149 Å². The van der Waals surface area contributed by atoms with Crippen LogP contribution in [-0.2, 0) is 5.41 Å². The molecule has 6 aromatic rings. The molecule has 1 atom stereocenters. The zero-order chi connectivity index (χ0) is 39.4. The minimum Gasteiger partial charge on any atom is -0.317 e. The number of urea groups is 1. The Balaban J connectivity index is 1.15. The Morgan fingerprint density at radius 2 is 1.50 bits per heavy atom. The lowest BCUT2D eigenvalue weighted by atomic mass is 9.76. The molecule has 0 bridgehead atoms. The second-order valence-corrected chi connectivity index (χ2v) is 15.8. The lowest BCUT2D eigenvalue weighted by Crippen LogP contribution is -2.33. The molecule has 0 saturated carbocycles. The van der Waals surface area contributed by atoms with Crippen LogP contribution in [0, 0.1) is 26.7 Å². The minimum absolute atomic E-state index is 0.0609. The fourth-order valence-electron chi connectivity index (χ4n) is 7.39. The molecule has 3 N–H and O–H groups in total. The van der Waals surface area contributed by atoms with E-state index in [1.54, 1.807) is 23.1 Å². The zero-order valence-corrected chi connectivity index (χ0v) is 33.0. The summed E-state index contributed by atoms with van der Waals surface area (Å²) in [6.07, 6.45) is 5.23. The van der Waals surface area contributed by atoms with Crippen molar-refractivity contribution in [2.24, 2.45) is 5.92 Å². The fraction of sp³-hybridized carbons (Fsp3) is 0.283. The van der Waals surface area contributed by atoms with Crippen LogP contribution in [0.15, 0.2) is 116 Å². The normalized spacial score (nSPS) is 13.9. The molecule has 2 aromatic heterocycles. The standard InChI is InChI=1S/C46H50N8O2/c1-30-11-18-37(19-12-30)54-41(29-40(52-54)46(4,5)6)51-45(56)50-36-16-14-33(15-17-36)42(34-21-25-47-26-22-34)43(55)35-9-7-10-38(28-35)53(44-48-23-8-24-49-44)39-20-13-31(2)27-32(39)3/h7-20,23-24,27-29,34,42,47H,21-22,25-26H2,1-6H3,(H2,50,51,56). The SMILES string of the molecule is Cc1ccc(-n2nc(C(C)(C)C)cc2NC(=O)Nc2ccc(C(C(=O)c3cccc(N(c4ncccn4)c4ccc(C)cc4C)c3)C3CCNCC3)cc2)cc1. The first-order chi connectivity index (χ1) is 26.9. The summed E-state index contributed by atoms with van der Waals surface area (Å²) in [6, 6.07) is 33.1. The molecule has 1 unspecified atom stereocenters. The number of piperidine rings is 1. The Morgan fingerprint density at radius 1 is 0.804 bits per heavy atom. The maximum absolute atomic E-state index is 14.8. The van der Waals surface area contributed by atoms with E-state index in [0.717, 1.165) is 70.9 Å². The van der Waals surface area contributed by atoms with Crippen molar-refractivity contribution < 1.29 is 9.59 Å². The number of Topliss-reactive ketones (excluding diaryl/α,β-unsaturated/α-hetero) is 1. The lowest BCUT2D eigenvalue weighted by Gasteiger charge is -2.31. The van der Waals surface area contributed by atoms with Crippen LogP contribution < -0.4 is 20.9 Å². The summed E-state index contributed by atoms with van der Waals surface area (Å²) < 4.78 is 1.76. The van der Waals surface area contributed by atoms with E-state index >= 15 is 0 Å². The van der Waals surface area contributed by atoms with Crippen molar-refractivity contribution in [2.75, 3.05) is 28.6 Å². The van der Waals surface area contributed by atoms with Gasteiger partial charge in [0.1, 0.15) is 5.82 Å². The summed E-state index contributed by atoms with van der Waals surface area (Å²) in [7, 11) is 0. The maximum Gasteiger partial charge on any atom is 0.324 e. The lowest BCUT2D eigenvalue weighted by molar-refractivity contribution is 0.0916. The van der Waals surface area contributed by atoms with Gasteiger partial charge in [0.05, 0.1) is 23.0 Å². The van der Waals surface area contributed by atoms with Gasteiger partial charge in [0, 0.05) is 40.8 Å². The maximum atomic E-state index is 14.8. The van der Waals surface area contributed by atoms with E-state index in [1.807, 2.05) is 90.7 Å². The third-order valence-corrected chi connectivity index (χ3v) is 10.4. The molecule has 1 aliphatic rings. The van der Waals surface area contributed by atoms with E-state index in [9.17, 15) is 9.59 Å². The van der Waals surface area contributed by atoms with E-state index in [2.05, 4.69) is 78.7 Å². The van der Waals surface area contributed by atoms with Crippen LogP contribution in [0.3, 0.4) is 0 Å². The highest BCUT2D eigenvalue weighted by molar-refractivity contribution is 6.03. The van der Waals surface area contributed by atoms with Crippen molar-refractivity contribution >= 4 is 40.6 Å². The Bertz CT molecular complexity index is 2310. The van der Waals surface area contributed by atoms with Gasteiger partial charge in [-0.1, -0.05) is 80.4 Å². The van der Waals surface area contributed by atoms with Crippen molar-refractivity contribution in [2.45, 2.75) is 65.7 Å². The molecular formula is C46H50N8O2. The molecule has 10 nitrogen and oxygen atoms in total. The predicted octanol–water partition coefficient (Wildman–Crippen LogP) is 9.96. The third kappa shape index (κ3) is 8.56. The number of nitrogens with one attached hydrogen (secondary N) is 3. The average Bonchev–Trinajstić information content (AvgIpc) is 3.62. The molecular weight excluding hydrogens is 697 g/mol. The van der Waals surface area contributed by atoms with Crippen LogP contribution in [0.5, 0.6) is 0 Å². The van der Waals surface area contributed by atoms with Crippen molar-refractivity contribution in [3.63, 3.8) is 0 Å². The van der Waals surface area contributed by atoms with E-state index < -0.39 is 0 Å². The van der Waals surface area contributed by atoms with Gasteiger partial charge in [-0.05, 0) is 112 Å². The van der Waals surface area contributed by atoms with Crippen molar-refractivity contribution in [1.82, 2.24) is 25.1 Å². The van der Waals surface area contributed by atoms with E-state index in [0.29, 0.717) is 23.0 Å². The number of hydrogen-bond donors (Lipinski definition) is 3. The highest BCUT2D eigenvalue weighted by Gasteiger charge is 2.32. The van der Waals surface area contributed by atoms with Gasteiger partial charge >= 0.3 is 6.03 Å². The molecule has 1 fully saturated rings. The van der Waals surface area contributed by atoms with Crippen LogP contribution in [0.25, 0.3) is 5.69 Å². The quantitative estimate of drug-likeness (QED) is 0.120. The van der Waals surface area contributed by atoms with E-state index in [1.165, 1.54) is 0 Å². The number of amides is 2. The smallest absolute Gasteiger partial charge is 0.317 e. The van der Waals surface area contributed by atoms with Crippen molar-refractivity contribution in [1.29, 1.82) is 0 Å². The predicted molar refractivity (Wildman–Crippen MR) is 225 cm³/mol. The van der Waals surface area contributed by atoms with Crippen LogP contribution in [0.2, 0.25) is 0 Å². The third-order valence-electron chi connectivity index (χ3n) is 10.4. The number of hydrogen-bond acceptors (Lipinski definition) is 7. The summed E-state index contributed by atoms with van der Waals surface area (Å²) in [5.74, 6) is 0.951. The number of benzene rings is 4. The number of rotatable bonds is 10. The molecule has 0 radical (unpaired) electrons. The van der Waals surface area contributed by atoms with E-state index in [-0.39, 0.29) is 29.1 Å². The van der Waals surface area contributed by atoms with Gasteiger partial charge in [0.15, 0.2) is 5.78 Å². The number of ketones is 1. The second kappa shape index (κ2) is 16.3. The minimum atomic E-state index is -0.384. The largest absolute Gasteiger partial charge is 0.324 e. The second-order valence-electron chi connectivity index (χ2n) is 15.8. The first-order valence-electron chi connectivity index (χ1n) is 19.3. The average molecular weight is 747 g/mol. The Morgan fingerprint density at radius 3 is 2.18 bits per heavy atom. The molecule has 1 aliphatic heterocycles. The molecule has 4 aromatic carbocycles. The molecule has 7 rings (SSSR count). The molecule has 0 aliphatic carbocycles. The van der Waals surface area contributed by atoms with Crippen LogP contribution >= 0.6 is 0 Å². The molecule has 1 saturated heterocycles. The number of carbonyl (C=O) groups is 2. The molecule has 56 heavy (non-hydrogen) atoms. The van der Waals surface area contributed by atoms with Gasteiger partial charge in [-0.15, -0.1) is 0 Å². The Hall–Kier alpha value is -6.13. The number of nitrogens with zero attached hydrogens (tertiary/aromatic N) is 5. The molecule has 2 amide bonds. The highest BCUT2D eigenvalue weighted by atomic mass is 16.2. The summed E-state index contributed by atoms with van der Waals surface area (Å²) in [5.41, 5.74) is 8.81. The monoisotopic (exact) mass is 746 g/mol. The van der Waals surface area contributed by atoms with Gasteiger partial charge in [0.2, 0.25) is 5.95 Å². The Kier molecular flexibility index (Phi) is 11.1. The molecule has 3 heterocycles. The van der Waals surface area contributed by atoms with E-state index in [4.69, 9.17) is 5.10 Å². The summed E-state index contributed by atoms with van der Waals surface area (Å²) >= 11 is 0. The van der Waals surface area contributed by atoms with Gasteiger partial charge in [-0.2, -0.15) is 5.10 Å². The molecule has 286 valence electrons. The summed E-state index contributed by atoms with van der Waals surface area (Å²) in [6.45, 7) is 14.2. The number of aryl methyl sites for hydroxylation is 3. The van der Waals surface area contributed by atoms with Crippen LogP contribution in [0.1, 0.15) is 77.8 Å². The topological polar surface area (TPSA) is 117 Å². The Labute approximate surface area is 329 Å². The van der Waals surface area contributed by atoms with Gasteiger partial charge < -0.3 is 10.6 Å². The number of anilines is 5. The molecule has 10 heteroatoms. The molecule has 0 spiro atoms. The number of aromatic nitrogens is 4. The van der Waals surface area contributed by atoms with Crippen LogP contribution in [-0.4, -0.2) is 44.7 Å². The van der Waals surface area contributed by atoms with Crippen molar-refractivity contribution in [3.8, 4) is 5.69 Å². The number of carbonyl (C=O) groups excluding carboxylic acids is 2. The van der Waals surface area contributed by atoms with Gasteiger partial charge in [0.25, 0.3) is 0 Å². The summed E-state index contributed by atoms with van der Waals surface area (Å²) in [4.78, 5) is 39.4. The first kappa shape index (κ1) is 38.2.